The SMILES string of the molecule is C#C.CC(C)(C)COC=O.CN.CN=C(C)N/C=C\N.O=CCCCC(=O)Nc1cc(CCC(=O)O)ccc1O. The maximum Gasteiger partial charge on any atom is 0.303 e. The highest BCUT2D eigenvalue weighted by Crippen LogP contribution is 2.25. The highest BCUT2D eigenvalue weighted by atomic mass is 16.5. The number of anilines is 1. The van der Waals surface area contributed by atoms with Crippen LogP contribution in [0.2, 0.25) is 0 Å². The van der Waals surface area contributed by atoms with Crippen LogP contribution in [0.5, 0.6) is 5.75 Å². The van der Waals surface area contributed by atoms with E-state index in [0.29, 0.717) is 37.9 Å². The number of carboxylic acids is 1. The van der Waals surface area contributed by atoms with E-state index in [9.17, 15) is 24.3 Å². The Morgan fingerprint density at radius 1 is 1.15 bits per heavy atom. The number of aliphatic imine (C=N–C) groups is 1. The number of nitrogens with one attached hydrogen (secondary N) is 2. The number of carbonyl (C=O) groups is 4. The minimum atomic E-state index is -0.905. The van der Waals surface area contributed by atoms with E-state index in [0.717, 1.165) is 12.1 Å². The van der Waals surface area contributed by atoms with Gasteiger partial charge in [0.05, 0.1) is 18.1 Å². The van der Waals surface area contributed by atoms with Crippen LogP contribution in [-0.2, 0) is 30.3 Å². The first-order chi connectivity index (χ1) is 18.9. The zero-order chi connectivity index (χ0) is 32.0. The van der Waals surface area contributed by atoms with E-state index >= 15 is 0 Å². The normalized spacial score (nSPS) is 9.88. The molecule has 1 aromatic rings. The van der Waals surface area contributed by atoms with Crippen molar-refractivity contribution in [2.45, 2.75) is 59.8 Å². The van der Waals surface area contributed by atoms with E-state index < -0.39 is 5.97 Å². The van der Waals surface area contributed by atoms with Crippen LogP contribution in [-0.4, -0.2) is 61.4 Å². The zero-order valence-corrected chi connectivity index (χ0v) is 24.5. The Kier molecular flexibility index (Phi) is 31.2. The van der Waals surface area contributed by atoms with Gasteiger partial charge in [-0.1, -0.05) is 26.8 Å². The highest BCUT2D eigenvalue weighted by Gasteiger charge is 2.09. The summed E-state index contributed by atoms with van der Waals surface area (Å²) in [6.07, 6.45) is 13.1. The Balaban J connectivity index is -0.000000268. The molecule has 0 radical (unpaired) electrons. The van der Waals surface area contributed by atoms with Gasteiger partial charge < -0.3 is 41.8 Å². The number of benzene rings is 1. The van der Waals surface area contributed by atoms with E-state index in [1.165, 1.54) is 19.3 Å². The number of aldehydes is 1. The van der Waals surface area contributed by atoms with Gasteiger partial charge in [0.25, 0.3) is 6.47 Å². The van der Waals surface area contributed by atoms with E-state index in [1.807, 2.05) is 27.7 Å². The summed E-state index contributed by atoms with van der Waals surface area (Å²) < 4.78 is 4.52. The number of ether oxygens (including phenoxy) is 1. The van der Waals surface area contributed by atoms with E-state index in [2.05, 4.69) is 38.9 Å². The summed E-state index contributed by atoms with van der Waals surface area (Å²) in [4.78, 5) is 45.7. The van der Waals surface area contributed by atoms with Crippen molar-refractivity contribution >= 4 is 36.2 Å². The van der Waals surface area contributed by atoms with E-state index in [4.69, 9.17) is 10.8 Å². The van der Waals surface area contributed by atoms with Crippen molar-refractivity contribution in [3.8, 4) is 18.6 Å². The maximum absolute atomic E-state index is 11.6. The molecule has 226 valence electrons. The number of carboxylic acid groups (broad SMARTS) is 1. The number of nitrogens with zero attached hydrogens (tertiary/aromatic N) is 1. The zero-order valence-electron chi connectivity index (χ0n) is 24.5. The number of phenolic OH excluding ortho intramolecular Hbond substituents is 1. The molecule has 0 fully saturated rings. The van der Waals surface area contributed by atoms with Crippen molar-refractivity contribution in [1.82, 2.24) is 5.32 Å². The molecule has 0 heterocycles. The average molecular weight is 566 g/mol. The predicted molar refractivity (Wildman–Crippen MR) is 160 cm³/mol. The van der Waals surface area contributed by atoms with Crippen molar-refractivity contribution in [2.75, 3.05) is 26.0 Å². The second-order valence-electron chi connectivity index (χ2n) is 8.63. The van der Waals surface area contributed by atoms with Gasteiger partial charge in [-0.15, -0.1) is 12.8 Å². The number of rotatable bonds is 11. The molecule has 40 heavy (non-hydrogen) atoms. The summed E-state index contributed by atoms with van der Waals surface area (Å²) in [6, 6.07) is 4.58. The first-order valence-corrected chi connectivity index (χ1v) is 12.2. The Hall–Kier alpha value is -4.37. The minimum Gasteiger partial charge on any atom is -0.506 e. The number of aryl methyl sites for hydroxylation is 1. The van der Waals surface area contributed by atoms with E-state index in [-0.39, 0.29) is 35.6 Å². The Morgan fingerprint density at radius 3 is 2.17 bits per heavy atom. The minimum absolute atomic E-state index is 0.0164. The molecule has 0 aliphatic rings. The van der Waals surface area contributed by atoms with Crippen LogP contribution in [0, 0.1) is 18.3 Å². The summed E-state index contributed by atoms with van der Waals surface area (Å²) in [5.41, 5.74) is 10.6. The lowest BCUT2D eigenvalue weighted by Crippen LogP contribution is -2.13. The van der Waals surface area contributed by atoms with Crippen LogP contribution in [0.25, 0.3) is 0 Å². The van der Waals surface area contributed by atoms with Crippen LogP contribution in [0.1, 0.15) is 58.9 Å². The standard InChI is InChI=1S/C14H17NO5.C6H12O2.C5H11N3.C2H2.CH5N/c16-8-2-1-3-13(18)15-11-9-10(4-6-12(11)17)5-7-14(19)20;1-6(2,3)4-8-5-7;1-5(7-2)8-4-3-6;2*1-2/h4,6,8-9,17H,1-3,5,7H2,(H,15,18)(H,19,20);5H,4H2,1-3H3;3-4H,6H2,1-2H3,(H,7,8);1-2H;2H2,1H3/b;;4-3-;;. The first-order valence-electron chi connectivity index (χ1n) is 12.2. The number of amidine groups is 1. The smallest absolute Gasteiger partial charge is 0.303 e. The van der Waals surface area contributed by atoms with Crippen molar-refractivity contribution in [2.24, 2.45) is 21.9 Å². The number of carbonyl (C=O) groups excluding carboxylic acids is 3. The van der Waals surface area contributed by atoms with Gasteiger partial charge in [0.1, 0.15) is 12.0 Å². The van der Waals surface area contributed by atoms with Crippen LogP contribution >= 0.6 is 0 Å². The molecule has 0 saturated carbocycles. The van der Waals surface area contributed by atoms with Gasteiger partial charge in [-0.25, -0.2) is 0 Å². The number of terminal acetylenes is 1. The monoisotopic (exact) mass is 565 g/mol. The predicted octanol–water partition coefficient (Wildman–Crippen LogP) is 2.80. The van der Waals surface area contributed by atoms with Crippen LogP contribution < -0.4 is 22.1 Å². The summed E-state index contributed by atoms with van der Waals surface area (Å²) >= 11 is 0. The third-order valence-corrected chi connectivity index (χ3v) is 4.00. The van der Waals surface area contributed by atoms with Crippen molar-refractivity contribution in [3.63, 3.8) is 0 Å². The Bertz CT molecular complexity index is 908. The molecule has 0 unspecified atom stereocenters. The summed E-state index contributed by atoms with van der Waals surface area (Å²) in [7, 11) is 3.21. The lowest BCUT2D eigenvalue weighted by molar-refractivity contribution is -0.137. The van der Waals surface area contributed by atoms with Crippen LogP contribution in [0.15, 0.2) is 35.6 Å². The first kappa shape index (κ1) is 42.7. The lowest BCUT2D eigenvalue weighted by Gasteiger charge is -2.14. The number of unbranched alkanes of at least 4 members (excludes halogenated alkanes) is 1. The number of hydrogen-bond donors (Lipinski definition) is 6. The third kappa shape index (κ3) is 31.7. The molecule has 0 bridgehead atoms. The van der Waals surface area contributed by atoms with Crippen molar-refractivity contribution in [3.05, 3.63) is 36.2 Å². The fourth-order valence-electron chi connectivity index (χ4n) is 2.17. The molecule has 12 nitrogen and oxygen atoms in total. The van der Waals surface area contributed by atoms with Gasteiger partial charge >= 0.3 is 5.97 Å². The van der Waals surface area contributed by atoms with Gasteiger partial charge in [-0.3, -0.25) is 19.4 Å². The third-order valence-electron chi connectivity index (χ3n) is 4.00. The molecule has 0 aliphatic heterocycles. The lowest BCUT2D eigenvalue weighted by atomic mass is 9.99. The quantitative estimate of drug-likeness (QED) is 0.0577. The molecule has 12 heteroatoms. The molecular weight excluding hydrogens is 518 g/mol. The van der Waals surface area contributed by atoms with E-state index in [1.54, 1.807) is 25.4 Å². The molecule has 0 spiro atoms. The molecule has 1 aromatic carbocycles. The largest absolute Gasteiger partial charge is 0.506 e. The second kappa shape index (κ2) is 29.2. The summed E-state index contributed by atoms with van der Waals surface area (Å²) in [5, 5.41) is 23.6. The van der Waals surface area contributed by atoms with Crippen LogP contribution in [0.3, 0.4) is 0 Å². The number of amides is 1. The number of phenols is 1. The summed E-state index contributed by atoms with van der Waals surface area (Å²) in [5.74, 6) is -0.422. The molecule has 0 aromatic heterocycles. The van der Waals surface area contributed by atoms with Gasteiger partial charge in [0.15, 0.2) is 0 Å². The van der Waals surface area contributed by atoms with Gasteiger partial charge in [-0.2, -0.15) is 0 Å². The fraction of sp³-hybridized carbons (Fsp3) is 0.464. The molecule has 0 aliphatic carbocycles. The number of nitrogens with two attached hydrogens (primary N) is 2. The maximum atomic E-state index is 11.6. The number of aliphatic carboxylic acids is 1. The van der Waals surface area contributed by atoms with Crippen LogP contribution in [0.4, 0.5) is 5.69 Å². The molecule has 1 rings (SSSR count). The molecule has 0 atom stereocenters. The van der Waals surface area contributed by atoms with Gasteiger partial charge in [-0.05, 0) is 49.9 Å². The topological polar surface area (TPSA) is 206 Å². The molecule has 0 saturated heterocycles. The second-order valence-corrected chi connectivity index (χ2v) is 8.63. The highest BCUT2D eigenvalue weighted by molar-refractivity contribution is 5.92. The Labute approximate surface area is 238 Å². The molecule has 8 N–H and O–H groups in total. The Morgan fingerprint density at radius 2 is 1.75 bits per heavy atom. The van der Waals surface area contributed by atoms with Gasteiger partial charge in [0.2, 0.25) is 5.91 Å². The number of aromatic hydroxyl groups is 1. The van der Waals surface area contributed by atoms with Crippen molar-refractivity contribution < 1.29 is 34.1 Å². The number of hydrogen-bond acceptors (Lipinski definition) is 9. The molecule has 1 amide bonds. The van der Waals surface area contributed by atoms with Crippen molar-refractivity contribution in [1.29, 1.82) is 0 Å². The van der Waals surface area contributed by atoms with Gasteiger partial charge in [0, 0.05) is 38.7 Å². The average Bonchev–Trinajstić information content (AvgIpc) is 2.93. The summed E-state index contributed by atoms with van der Waals surface area (Å²) in [6.45, 7) is 8.87. The fourth-order valence-corrected chi connectivity index (χ4v) is 2.17. The molecular formula is C28H47N5O7.